The van der Waals surface area contributed by atoms with E-state index in [0.29, 0.717) is 6.61 Å². The highest BCUT2D eigenvalue weighted by Crippen LogP contribution is 2.16. The van der Waals surface area contributed by atoms with Gasteiger partial charge in [-0.2, -0.15) is 11.3 Å². The predicted molar refractivity (Wildman–Crippen MR) is 82.1 cm³/mol. The molecule has 1 N–H and O–H groups in total. The third-order valence-corrected chi connectivity index (χ3v) is 3.63. The van der Waals surface area contributed by atoms with Gasteiger partial charge in [-0.3, -0.25) is 4.90 Å². The van der Waals surface area contributed by atoms with Crippen molar-refractivity contribution in [1.29, 1.82) is 0 Å². The van der Waals surface area contributed by atoms with Crippen molar-refractivity contribution in [1.82, 2.24) is 4.90 Å². The SMILES string of the molecule is CNc1cccc(OCCN(C)Cc2ccsc2)c1. The van der Waals surface area contributed by atoms with Crippen LogP contribution in [0.2, 0.25) is 0 Å². The van der Waals surface area contributed by atoms with Crippen LogP contribution in [0, 0.1) is 0 Å². The summed E-state index contributed by atoms with van der Waals surface area (Å²) in [6.45, 7) is 2.59. The minimum atomic E-state index is 0.702. The molecule has 0 aliphatic rings. The first-order chi connectivity index (χ1) is 9.28. The summed E-state index contributed by atoms with van der Waals surface area (Å²) in [5.41, 5.74) is 2.44. The lowest BCUT2D eigenvalue weighted by molar-refractivity contribution is 0.233. The fraction of sp³-hybridized carbons (Fsp3) is 0.333. The Kier molecular flexibility index (Phi) is 5.24. The summed E-state index contributed by atoms with van der Waals surface area (Å²) in [5.74, 6) is 0.913. The zero-order valence-electron chi connectivity index (χ0n) is 11.4. The molecule has 0 unspecified atom stereocenters. The molecule has 0 spiro atoms. The van der Waals surface area contributed by atoms with E-state index in [1.807, 2.05) is 31.3 Å². The number of rotatable bonds is 7. The van der Waals surface area contributed by atoms with Crippen LogP contribution in [0.3, 0.4) is 0 Å². The Morgan fingerprint density at radius 1 is 1.32 bits per heavy atom. The van der Waals surface area contributed by atoms with Crippen LogP contribution < -0.4 is 10.1 Å². The Bertz CT molecular complexity index is 485. The van der Waals surface area contributed by atoms with Gasteiger partial charge >= 0.3 is 0 Å². The third kappa shape index (κ3) is 4.58. The van der Waals surface area contributed by atoms with Gasteiger partial charge in [0, 0.05) is 31.9 Å². The van der Waals surface area contributed by atoms with E-state index < -0.39 is 0 Å². The maximum absolute atomic E-state index is 5.76. The Morgan fingerprint density at radius 2 is 2.21 bits per heavy atom. The number of ether oxygens (including phenoxy) is 1. The molecule has 0 amide bonds. The molecule has 0 radical (unpaired) electrons. The minimum Gasteiger partial charge on any atom is -0.492 e. The number of likely N-dealkylation sites (N-methyl/N-ethyl adjacent to an activating group) is 1. The number of thiophene rings is 1. The van der Waals surface area contributed by atoms with Crippen molar-refractivity contribution in [2.24, 2.45) is 0 Å². The zero-order chi connectivity index (χ0) is 13.5. The summed E-state index contributed by atoms with van der Waals surface area (Å²) in [7, 11) is 4.03. The molecule has 1 aromatic heterocycles. The van der Waals surface area contributed by atoms with Crippen LogP contribution in [0.15, 0.2) is 41.1 Å². The Balaban J connectivity index is 1.73. The van der Waals surface area contributed by atoms with Gasteiger partial charge in [-0.25, -0.2) is 0 Å². The predicted octanol–water partition coefficient (Wildman–Crippen LogP) is 3.30. The number of nitrogens with zero attached hydrogens (tertiary/aromatic N) is 1. The fourth-order valence-electron chi connectivity index (χ4n) is 1.83. The highest BCUT2D eigenvalue weighted by atomic mass is 32.1. The summed E-state index contributed by atoms with van der Waals surface area (Å²) >= 11 is 1.74. The van der Waals surface area contributed by atoms with Crippen LogP contribution in [0.25, 0.3) is 0 Å². The topological polar surface area (TPSA) is 24.5 Å². The molecule has 0 bridgehead atoms. The van der Waals surface area contributed by atoms with Crippen LogP contribution in [0.4, 0.5) is 5.69 Å². The number of nitrogens with one attached hydrogen (secondary N) is 1. The first-order valence-electron chi connectivity index (χ1n) is 6.38. The first kappa shape index (κ1) is 13.9. The van der Waals surface area contributed by atoms with Crippen LogP contribution in [0.5, 0.6) is 5.75 Å². The van der Waals surface area contributed by atoms with E-state index in [4.69, 9.17) is 4.74 Å². The summed E-state index contributed by atoms with van der Waals surface area (Å²) < 4.78 is 5.76. The molecule has 0 fully saturated rings. The van der Waals surface area contributed by atoms with Crippen LogP contribution in [-0.2, 0) is 6.54 Å². The second-order valence-corrected chi connectivity index (χ2v) is 5.28. The Labute approximate surface area is 118 Å². The van der Waals surface area contributed by atoms with Crippen molar-refractivity contribution in [3.05, 3.63) is 46.7 Å². The Hall–Kier alpha value is -1.52. The maximum Gasteiger partial charge on any atom is 0.121 e. The van der Waals surface area contributed by atoms with Gasteiger partial charge in [-0.1, -0.05) is 6.07 Å². The zero-order valence-corrected chi connectivity index (χ0v) is 12.2. The van der Waals surface area contributed by atoms with E-state index in [-0.39, 0.29) is 0 Å². The van der Waals surface area contributed by atoms with E-state index in [9.17, 15) is 0 Å². The number of hydrogen-bond acceptors (Lipinski definition) is 4. The van der Waals surface area contributed by atoms with Gasteiger partial charge in [-0.15, -0.1) is 0 Å². The highest BCUT2D eigenvalue weighted by molar-refractivity contribution is 7.07. The van der Waals surface area contributed by atoms with Gasteiger partial charge in [0.15, 0.2) is 0 Å². The molecule has 2 rings (SSSR count). The largest absolute Gasteiger partial charge is 0.492 e. The smallest absolute Gasteiger partial charge is 0.121 e. The molecule has 1 aromatic carbocycles. The molecular formula is C15H20N2OS. The molecular weight excluding hydrogens is 256 g/mol. The monoisotopic (exact) mass is 276 g/mol. The molecule has 102 valence electrons. The molecule has 3 nitrogen and oxygen atoms in total. The van der Waals surface area contributed by atoms with Crippen molar-refractivity contribution in [3.8, 4) is 5.75 Å². The van der Waals surface area contributed by atoms with Crippen molar-refractivity contribution >= 4 is 17.0 Å². The van der Waals surface area contributed by atoms with Crippen molar-refractivity contribution in [2.75, 3.05) is 32.6 Å². The van der Waals surface area contributed by atoms with Crippen molar-refractivity contribution < 1.29 is 4.74 Å². The molecule has 0 saturated carbocycles. The standard InChI is InChI=1S/C15H20N2OS/c1-16-14-4-3-5-15(10-14)18-8-7-17(2)11-13-6-9-19-12-13/h3-6,9-10,12,16H,7-8,11H2,1-2H3. The second-order valence-electron chi connectivity index (χ2n) is 4.50. The normalized spacial score (nSPS) is 10.7. The molecule has 0 atom stereocenters. The van der Waals surface area contributed by atoms with E-state index in [1.165, 1.54) is 5.56 Å². The lowest BCUT2D eigenvalue weighted by Crippen LogP contribution is -2.23. The molecule has 2 aromatic rings. The number of benzene rings is 1. The Morgan fingerprint density at radius 3 is 2.95 bits per heavy atom. The van der Waals surface area contributed by atoms with Gasteiger partial charge < -0.3 is 10.1 Å². The van der Waals surface area contributed by atoms with Crippen LogP contribution >= 0.6 is 11.3 Å². The summed E-state index contributed by atoms with van der Waals surface area (Å²) in [6, 6.07) is 10.2. The van der Waals surface area contributed by atoms with Crippen LogP contribution in [0.1, 0.15) is 5.56 Å². The quantitative estimate of drug-likeness (QED) is 0.839. The van der Waals surface area contributed by atoms with Gasteiger partial charge in [-0.05, 0) is 41.6 Å². The first-order valence-corrected chi connectivity index (χ1v) is 7.32. The second kappa shape index (κ2) is 7.16. The lowest BCUT2D eigenvalue weighted by atomic mass is 10.3. The number of anilines is 1. The minimum absolute atomic E-state index is 0.702. The molecule has 19 heavy (non-hydrogen) atoms. The third-order valence-electron chi connectivity index (χ3n) is 2.90. The molecule has 0 aliphatic carbocycles. The van der Waals surface area contributed by atoms with Gasteiger partial charge in [0.05, 0.1) is 0 Å². The van der Waals surface area contributed by atoms with Crippen LogP contribution in [-0.4, -0.2) is 32.1 Å². The van der Waals surface area contributed by atoms with E-state index in [2.05, 4.69) is 34.1 Å². The average molecular weight is 276 g/mol. The maximum atomic E-state index is 5.76. The van der Waals surface area contributed by atoms with Gasteiger partial charge in [0.25, 0.3) is 0 Å². The summed E-state index contributed by atoms with van der Waals surface area (Å²) in [6.07, 6.45) is 0. The van der Waals surface area contributed by atoms with Gasteiger partial charge in [0.1, 0.15) is 12.4 Å². The highest BCUT2D eigenvalue weighted by Gasteiger charge is 2.01. The number of hydrogen-bond donors (Lipinski definition) is 1. The van der Waals surface area contributed by atoms with Crippen molar-refractivity contribution in [2.45, 2.75) is 6.54 Å². The molecule has 0 aliphatic heterocycles. The van der Waals surface area contributed by atoms with E-state index in [1.54, 1.807) is 11.3 Å². The molecule has 1 heterocycles. The fourth-order valence-corrected chi connectivity index (χ4v) is 2.49. The van der Waals surface area contributed by atoms with Gasteiger partial charge in [0.2, 0.25) is 0 Å². The van der Waals surface area contributed by atoms with E-state index in [0.717, 1.165) is 24.5 Å². The molecule has 0 saturated heterocycles. The lowest BCUT2D eigenvalue weighted by Gasteiger charge is -2.16. The van der Waals surface area contributed by atoms with Crippen molar-refractivity contribution in [3.63, 3.8) is 0 Å². The summed E-state index contributed by atoms with van der Waals surface area (Å²) in [5, 5.41) is 7.41. The molecule has 4 heteroatoms. The van der Waals surface area contributed by atoms with E-state index >= 15 is 0 Å². The summed E-state index contributed by atoms with van der Waals surface area (Å²) in [4.78, 5) is 2.27. The average Bonchev–Trinajstić information content (AvgIpc) is 2.92.